The lowest BCUT2D eigenvalue weighted by atomic mass is 9.97. The number of carbonyl (C=O) groups excluding carboxylic acids is 3. The maximum atomic E-state index is 13.0. The summed E-state index contributed by atoms with van der Waals surface area (Å²) in [6, 6.07) is 14.0. The van der Waals surface area contributed by atoms with Crippen molar-refractivity contribution >= 4 is 23.4 Å². The number of benzene rings is 2. The van der Waals surface area contributed by atoms with E-state index in [9.17, 15) is 14.4 Å². The first-order valence-corrected chi connectivity index (χ1v) is 11.3. The Morgan fingerprint density at radius 2 is 1.84 bits per heavy atom. The lowest BCUT2D eigenvalue weighted by molar-refractivity contribution is -0.136. The largest absolute Gasteiger partial charge is 0.381 e. The van der Waals surface area contributed by atoms with Crippen LogP contribution in [0.4, 0.5) is 5.69 Å². The minimum absolute atomic E-state index is 0.143. The van der Waals surface area contributed by atoms with Crippen molar-refractivity contribution in [3.8, 4) is 0 Å². The molecule has 3 atom stereocenters. The van der Waals surface area contributed by atoms with Crippen molar-refractivity contribution in [3.05, 3.63) is 64.7 Å². The average molecular weight is 433 g/mol. The molecule has 1 aliphatic carbocycles. The van der Waals surface area contributed by atoms with Gasteiger partial charge in [-0.25, -0.2) is 0 Å². The summed E-state index contributed by atoms with van der Waals surface area (Å²) in [5, 5.41) is 5.81. The Morgan fingerprint density at radius 3 is 2.56 bits per heavy atom. The Hall–Kier alpha value is -3.19. The molecule has 4 N–H and O–H groups in total. The molecule has 0 radical (unpaired) electrons. The van der Waals surface area contributed by atoms with E-state index in [0.29, 0.717) is 37.0 Å². The van der Waals surface area contributed by atoms with E-state index in [1.165, 1.54) is 5.56 Å². The smallest absolute Gasteiger partial charge is 0.255 e. The molecule has 1 saturated carbocycles. The molecule has 7 nitrogen and oxygen atoms in total. The molecule has 166 valence electrons. The number of imide groups is 1. The first-order valence-electron chi connectivity index (χ1n) is 11.3. The SMILES string of the molecule is N[C@@H]1CC[C@@H](c2ccc(NCc3cccc4c3CN(C3CCC(=O)NC3=O)C4=O)cc2)C1. The molecule has 2 aromatic rings. The first-order chi connectivity index (χ1) is 15.5. The van der Waals surface area contributed by atoms with Crippen molar-refractivity contribution in [1.29, 1.82) is 0 Å². The third-order valence-corrected chi connectivity index (χ3v) is 7.02. The number of hydrogen-bond donors (Lipinski definition) is 3. The van der Waals surface area contributed by atoms with Gasteiger partial charge >= 0.3 is 0 Å². The lowest BCUT2D eigenvalue weighted by Gasteiger charge is -2.29. The number of nitrogens with zero attached hydrogens (tertiary/aromatic N) is 1. The van der Waals surface area contributed by atoms with E-state index in [1.807, 2.05) is 18.2 Å². The fourth-order valence-electron chi connectivity index (χ4n) is 5.21. The van der Waals surface area contributed by atoms with Gasteiger partial charge in [0.25, 0.3) is 5.91 Å². The van der Waals surface area contributed by atoms with Gasteiger partial charge in [-0.3, -0.25) is 19.7 Å². The standard InChI is InChI=1S/C25H28N4O3/c26-18-7-4-16(12-18)15-5-8-19(9-6-15)27-13-17-2-1-3-20-21(17)14-29(25(20)32)22-10-11-23(30)28-24(22)31/h1-3,5-6,8-9,16,18,22,27H,4,7,10-14,26H2,(H,28,30,31)/t16-,18-,22?/m1/s1. The van der Waals surface area contributed by atoms with Crippen molar-refractivity contribution < 1.29 is 14.4 Å². The number of piperidine rings is 1. The van der Waals surface area contributed by atoms with E-state index in [4.69, 9.17) is 5.73 Å². The van der Waals surface area contributed by atoms with Gasteiger partial charge in [-0.15, -0.1) is 0 Å². The fraction of sp³-hybridized carbons (Fsp3) is 0.400. The topological polar surface area (TPSA) is 105 Å². The monoisotopic (exact) mass is 432 g/mol. The molecule has 1 unspecified atom stereocenters. The predicted molar refractivity (Wildman–Crippen MR) is 121 cm³/mol. The fourth-order valence-corrected chi connectivity index (χ4v) is 5.21. The number of carbonyl (C=O) groups is 3. The third-order valence-electron chi connectivity index (χ3n) is 7.02. The van der Waals surface area contributed by atoms with Crippen molar-refractivity contribution in [2.45, 2.75) is 63.2 Å². The van der Waals surface area contributed by atoms with E-state index in [-0.39, 0.29) is 24.1 Å². The van der Waals surface area contributed by atoms with Crippen LogP contribution in [0.25, 0.3) is 0 Å². The van der Waals surface area contributed by atoms with E-state index in [0.717, 1.165) is 36.1 Å². The summed E-state index contributed by atoms with van der Waals surface area (Å²) >= 11 is 0. The van der Waals surface area contributed by atoms with Crippen LogP contribution in [0.3, 0.4) is 0 Å². The minimum Gasteiger partial charge on any atom is -0.381 e. The maximum absolute atomic E-state index is 13.0. The Labute approximate surface area is 187 Å². The van der Waals surface area contributed by atoms with Gasteiger partial charge in [0.05, 0.1) is 0 Å². The van der Waals surface area contributed by atoms with Crippen molar-refractivity contribution in [1.82, 2.24) is 10.2 Å². The third kappa shape index (κ3) is 3.88. The highest BCUT2D eigenvalue weighted by Crippen LogP contribution is 2.34. The second-order valence-electron chi connectivity index (χ2n) is 9.09. The average Bonchev–Trinajstić information content (AvgIpc) is 3.37. The van der Waals surface area contributed by atoms with Gasteiger partial charge in [-0.05, 0) is 66.5 Å². The van der Waals surface area contributed by atoms with Crippen LogP contribution < -0.4 is 16.4 Å². The van der Waals surface area contributed by atoms with E-state index in [2.05, 4.69) is 34.9 Å². The number of nitrogens with one attached hydrogen (secondary N) is 2. The van der Waals surface area contributed by atoms with Gasteiger partial charge in [0.15, 0.2) is 0 Å². The van der Waals surface area contributed by atoms with Gasteiger partial charge in [0.1, 0.15) is 6.04 Å². The van der Waals surface area contributed by atoms with Crippen LogP contribution in [-0.4, -0.2) is 34.7 Å². The first kappa shape index (κ1) is 20.7. The molecule has 2 aliphatic heterocycles. The summed E-state index contributed by atoms with van der Waals surface area (Å²) in [6.07, 6.45) is 3.94. The van der Waals surface area contributed by atoms with Gasteiger partial charge in [0, 0.05) is 36.8 Å². The number of fused-ring (bicyclic) bond motifs is 1. The zero-order chi connectivity index (χ0) is 22.2. The molecule has 2 heterocycles. The molecule has 7 heteroatoms. The summed E-state index contributed by atoms with van der Waals surface area (Å²) < 4.78 is 0. The van der Waals surface area contributed by atoms with Crippen molar-refractivity contribution in [2.24, 2.45) is 5.73 Å². The number of anilines is 1. The molecule has 3 aliphatic rings. The van der Waals surface area contributed by atoms with E-state index >= 15 is 0 Å². The predicted octanol–water partition coefficient (Wildman–Crippen LogP) is 2.65. The Kier molecular flexibility index (Phi) is 5.43. The second kappa shape index (κ2) is 8.39. The highest BCUT2D eigenvalue weighted by molar-refractivity contribution is 6.05. The van der Waals surface area contributed by atoms with E-state index < -0.39 is 6.04 Å². The molecule has 1 saturated heterocycles. The maximum Gasteiger partial charge on any atom is 0.255 e. The van der Waals surface area contributed by atoms with Crippen LogP contribution in [0.15, 0.2) is 42.5 Å². The number of hydrogen-bond acceptors (Lipinski definition) is 5. The zero-order valence-corrected chi connectivity index (χ0v) is 18.0. The van der Waals surface area contributed by atoms with Crippen LogP contribution in [-0.2, 0) is 22.7 Å². The number of rotatable bonds is 5. The minimum atomic E-state index is -0.593. The quantitative estimate of drug-likeness (QED) is 0.630. The summed E-state index contributed by atoms with van der Waals surface area (Å²) in [6.45, 7) is 0.979. The summed E-state index contributed by atoms with van der Waals surface area (Å²) in [5.74, 6) is -0.247. The molecule has 0 spiro atoms. The van der Waals surface area contributed by atoms with Crippen LogP contribution in [0.2, 0.25) is 0 Å². The van der Waals surface area contributed by atoms with Gasteiger partial charge < -0.3 is 16.0 Å². The Balaban J connectivity index is 1.27. The lowest BCUT2D eigenvalue weighted by Crippen LogP contribution is -2.52. The second-order valence-corrected chi connectivity index (χ2v) is 9.09. The molecule has 2 aromatic carbocycles. The van der Waals surface area contributed by atoms with Crippen molar-refractivity contribution in [3.63, 3.8) is 0 Å². The van der Waals surface area contributed by atoms with Crippen LogP contribution in [0.5, 0.6) is 0 Å². The van der Waals surface area contributed by atoms with Gasteiger partial charge in [-0.2, -0.15) is 0 Å². The molecule has 5 rings (SSSR count). The number of amides is 3. The normalized spacial score (nSPS) is 25.1. The van der Waals surface area contributed by atoms with Crippen LogP contribution in [0.1, 0.15) is 65.1 Å². The molecule has 0 aromatic heterocycles. The van der Waals surface area contributed by atoms with Crippen molar-refractivity contribution in [2.75, 3.05) is 5.32 Å². The summed E-state index contributed by atoms with van der Waals surface area (Å²) in [4.78, 5) is 38.3. The van der Waals surface area contributed by atoms with Gasteiger partial charge in [0.2, 0.25) is 11.8 Å². The van der Waals surface area contributed by atoms with Crippen LogP contribution in [0, 0.1) is 0 Å². The summed E-state index contributed by atoms with van der Waals surface area (Å²) in [7, 11) is 0. The zero-order valence-electron chi connectivity index (χ0n) is 18.0. The molecule has 32 heavy (non-hydrogen) atoms. The molecular weight excluding hydrogens is 404 g/mol. The van der Waals surface area contributed by atoms with Gasteiger partial charge in [-0.1, -0.05) is 24.3 Å². The molecule has 2 fully saturated rings. The van der Waals surface area contributed by atoms with E-state index in [1.54, 1.807) is 4.90 Å². The Bertz CT molecular complexity index is 1070. The highest BCUT2D eigenvalue weighted by atomic mass is 16.2. The highest BCUT2D eigenvalue weighted by Gasteiger charge is 2.39. The molecule has 0 bridgehead atoms. The molecular formula is C25H28N4O3. The number of nitrogens with two attached hydrogens (primary N) is 1. The summed E-state index contributed by atoms with van der Waals surface area (Å²) in [5.41, 5.74) is 11.1. The van der Waals surface area contributed by atoms with Crippen LogP contribution >= 0.6 is 0 Å². The Morgan fingerprint density at radius 1 is 1.03 bits per heavy atom. The molecule has 3 amide bonds.